The fraction of sp³-hybridized carbons (Fsp3) is 0.333. The van der Waals surface area contributed by atoms with Gasteiger partial charge >= 0.3 is 0 Å². The second-order valence-electron chi connectivity index (χ2n) is 5.88. The number of amides is 1. The molecule has 0 radical (unpaired) electrons. The number of rotatable bonds is 4. The molecule has 1 aliphatic heterocycles. The Morgan fingerprint density at radius 2 is 2.12 bits per heavy atom. The highest BCUT2D eigenvalue weighted by molar-refractivity contribution is 9.10. The Morgan fingerprint density at radius 1 is 1.36 bits per heavy atom. The van der Waals surface area contributed by atoms with Gasteiger partial charge in [0.2, 0.25) is 0 Å². The predicted molar refractivity (Wildman–Crippen MR) is 102 cm³/mol. The van der Waals surface area contributed by atoms with Gasteiger partial charge in [0.15, 0.2) is 0 Å². The topological polar surface area (TPSA) is 54.5 Å². The summed E-state index contributed by atoms with van der Waals surface area (Å²) in [6, 6.07) is 7.80. The van der Waals surface area contributed by atoms with Gasteiger partial charge in [-0.25, -0.2) is 4.98 Å². The SMILES string of the molecule is Cc1ccc(Br)cc1CNc1ncc(C(=O)N2CCOCC2)cc1Cl. The van der Waals surface area contributed by atoms with Crippen LogP contribution in [0.15, 0.2) is 34.9 Å². The van der Waals surface area contributed by atoms with Gasteiger partial charge in [-0.3, -0.25) is 4.79 Å². The van der Waals surface area contributed by atoms with Crippen molar-refractivity contribution >= 4 is 39.3 Å². The number of nitrogens with zero attached hydrogens (tertiary/aromatic N) is 2. The van der Waals surface area contributed by atoms with Crippen LogP contribution in [-0.2, 0) is 11.3 Å². The van der Waals surface area contributed by atoms with Gasteiger partial charge in [0.1, 0.15) is 5.82 Å². The first kappa shape index (κ1) is 18.2. The number of aryl methyl sites for hydroxylation is 1. The second-order valence-corrected chi connectivity index (χ2v) is 7.21. The lowest BCUT2D eigenvalue weighted by atomic mass is 10.1. The van der Waals surface area contributed by atoms with Gasteiger partial charge in [-0.15, -0.1) is 0 Å². The number of carbonyl (C=O) groups excluding carboxylic acids is 1. The summed E-state index contributed by atoms with van der Waals surface area (Å²) in [7, 11) is 0. The summed E-state index contributed by atoms with van der Waals surface area (Å²) in [5.74, 6) is 0.506. The number of pyridine rings is 1. The summed E-state index contributed by atoms with van der Waals surface area (Å²) in [5.41, 5.74) is 2.84. The number of carbonyl (C=O) groups is 1. The zero-order valence-electron chi connectivity index (χ0n) is 13.9. The van der Waals surface area contributed by atoms with Crippen LogP contribution in [0.2, 0.25) is 5.02 Å². The van der Waals surface area contributed by atoms with Crippen molar-refractivity contribution in [1.29, 1.82) is 0 Å². The number of aromatic nitrogens is 1. The molecule has 5 nitrogen and oxygen atoms in total. The molecule has 0 bridgehead atoms. The van der Waals surface area contributed by atoms with E-state index < -0.39 is 0 Å². The van der Waals surface area contributed by atoms with Gasteiger partial charge in [0, 0.05) is 30.3 Å². The molecule has 1 amide bonds. The monoisotopic (exact) mass is 423 g/mol. The van der Waals surface area contributed by atoms with E-state index in [0.717, 1.165) is 10.0 Å². The molecule has 2 heterocycles. The summed E-state index contributed by atoms with van der Waals surface area (Å²) in [6.07, 6.45) is 1.57. The summed E-state index contributed by atoms with van der Waals surface area (Å²) in [5, 5.41) is 3.67. The number of ether oxygens (including phenoxy) is 1. The number of hydrogen-bond acceptors (Lipinski definition) is 4. The van der Waals surface area contributed by atoms with Crippen LogP contribution in [-0.4, -0.2) is 42.1 Å². The maximum atomic E-state index is 12.5. The first-order chi connectivity index (χ1) is 12.0. The number of morpholine rings is 1. The van der Waals surface area contributed by atoms with Crippen molar-refractivity contribution in [1.82, 2.24) is 9.88 Å². The van der Waals surface area contributed by atoms with Gasteiger partial charge in [-0.05, 0) is 36.2 Å². The van der Waals surface area contributed by atoms with Crippen molar-refractivity contribution in [3.8, 4) is 0 Å². The largest absolute Gasteiger partial charge is 0.378 e. The third-order valence-corrected chi connectivity index (χ3v) is 4.93. The van der Waals surface area contributed by atoms with Crippen molar-refractivity contribution in [2.75, 3.05) is 31.6 Å². The van der Waals surface area contributed by atoms with Crippen molar-refractivity contribution in [2.45, 2.75) is 13.5 Å². The molecule has 1 aliphatic rings. The van der Waals surface area contributed by atoms with Crippen molar-refractivity contribution in [3.63, 3.8) is 0 Å². The molecule has 1 N–H and O–H groups in total. The van der Waals surface area contributed by atoms with E-state index in [9.17, 15) is 4.79 Å². The molecule has 25 heavy (non-hydrogen) atoms. The highest BCUT2D eigenvalue weighted by Crippen LogP contribution is 2.23. The number of hydrogen-bond donors (Lipinski definition) is 1. The molecule has 2 aromatic rings. The van der Waals surface area contributed by atoms with Crippen LogP contribution < -0.4 is 5.32 Å². The Kier molecular flexibility index (Phi) is 5.93. The molecule has 0 saturated carbocycles. The summed E-state index contributed by atoms with van der Waals surface area (Å²) < 4.78 is 6.30. The van der Waals surface area contributed by atoms with Crippen molar-refractivity contribution in [3.05, 3.63) is 56.6 Å². The normalized spacial score (nSPS) is 14.4. The zero-order chi connectivity index (χ0) is 17.8. The fourth-order valence-electron chi connectivity index (χ4n) is 2.64. The lowest BCUT2D eigenvalue weighted by molar-refractivity contribution is 0.0302. The predicted octanol–water partition coefficient (Wildman–Crippen LogP) is 3.89. The first-order valence-corrected chi connectivity index (χ1v) is 9.23. The van der Waals surface area contributed by atoms with Gasteiger partial charge < -0.3 is 15.0 Å². The van der Waals surface area contributed by atoms with Crippen LogP contribution in [0.4, 0.5) is 5.82 Å². The summed E-state index contributed by atoms with van der Waals surface area (Å²) in [6.45, 7) is 4.99. The molecule has 0 atom stereocenters. The van der Waals surface area contributed by atoms with E-state index in [4.69, 9.17) is 16.3 Å². The van der Waals surface area contributed by atoms with Gasteiger partial charge in [-0.2, -0.15) is 0 Å². The van der Waals surface area contributed by atoms with E-state index >= 15 is 0 Å². The Bertz CT molecular complexity index is 779. The van der Waals surface area contributed by atoms with E-state index in [1.54, 1.807) is 17.2 Å². The van der Waals surface area contributed by atoms with Crippen LogP contribution in [0.3, 0.4) is 0 Å². The first-order valence-electron chi connectivity index (χ1n) is 8.06. The standard InChI is InChI=1S/C18H19BrClN3O2/c1-12-2-3-15(19)8-13(12)10-21-17-16(20)9-14(11-22-17)18(24)23-4-6-25-7-5-23/h2-3,8-9,11H,4-7,10H2,1H3,(H,21,22). The summed E-state index contributed by atoms with van der Waals surface area (Å²) >= 11 is 9.80. The van der Waals surface area contributed by atoms with Crippen LogP contribution in [0, 0.1) is 6.92 Å². The number of benzene rings is 1. The Morgan fingerprint density at radius 3 is 2.84 bits per heavy atom. The molecule has 3 rings (SSSR count). The smallest absolute Gasteiger partial charge is 0.255 e. The molecule has 0 spiro atoms. The molecule has 1 aromatic heterocycles. The Balaban J connectivity index is 1.69. The maximum Gasteiger partial charge on any atom is 0.255 e. The molecule has 132 valence electrons. The average Bonchev–Trinajstić information content (AvgIpc) is 2.63. The second kappa shape index (κ2) is 8.17. The van der Waals surface area contributed by atoms with Crippen LogP contribution in [0.5, 0.6) is 0 Å². The minimum Gasteiger partial charge on any atom is -0.378 e. The van der Waals surface area contributed by atoms with Gasteiger partial charge in [0.05, 0.1) is 23.8 Å². The summed E-state index contributed by atoms with van der Waals surface area (Å²) in [4.78, 5) is 18.6. The van der Waals surface area contributed by atoms with E-state index in [-0.39, 0.29) is 5.91 Å². The van der Waals surface area contributed by atoms with E-state index in [2.05, 4.69) is 45.3 Å². The van der Waals surface area contributed by atoms with Crippen molar-refractivity contribution in [2.24, 2.45) is 0 Å². The van der Waals surface area contributed by atoms with Gasteiger partial charge in [0.25, 0.3) is 5.91 Å². The fourth-order valence-corrected chi connectivity index (χ4v) is 3.29. The van der Waals surface area contributed by atoms with E-state index in [1.807, 2.05) is 6.07 Å². The lowest BCUT2D eigenvalue weighted by Gasteiger charge is -2.26. The molecule has 1 saturated heterocycles. The highest BCUT2D eigenvalue weighted by Gasteiger charge is 2.19. The Hall–Kier alpha value is -1.63. The van der Waals surface area contributed by atoms with Gasteiger partial charge in [-0.1, -0.05) is 33.6 Å². The van der Waals surface area contributed by atoms with Crippen LogP contribution in [0.1, 0.15) is 21.5 Å². The lowest BCUT2D eigenvalue weighted by Crippen LogP contribution is -2.40. The average molecular weight is 425 g/mol. The van der Waals surface area contributed by atoms with Crippen LogP contribution >= 0.6 is 27.5 Å². The molecular weight excluding hydrogens is 406 g/mol. The number of anilines is 1. The van der Waals surface area contributed by atoms with Crippen LogP contribution in [0.25, 0.3) is 0 Å². The zero-order valence-corrected chi connectivity index (χ0v) is 16.2. The highest BCUT2D eigenvalue weighted by atomic mass is 79.9. The number of nitrogens with one attached hydrogen (secondary N) is 1. The molecule has 0 unspecified atom stereocenters. The molecule has 1 fully saturated rings. The van der Waals surface area contributed by atoms with E-state index in [0.29, 0.717) is 49.3 Å². The maximum absolute atomic E-state index is 12.5. The minimum atomic E-state index is -0.0629. The Labute approximate surface area is 160 Å². The molecular formula is C18H19BrClN3O2. The quantitative estimate of drug-likeness (QED) is 0.809. The molecule has 7 heteroatoms. The third-order valence-electron chi connectivity index (χ3n) is 4.14. The van der Waals surface area contributed by atoms with Crippen molar-refractivity contribution < 1.29 is 9.53 Å². The minimum absolute atomic E-state index is 0.0629. The van der Waals surface area contributed by atoms with E-state index in [1.165, 1.54) is 5.56 Å². The number of halogens is 2. The molecule has 0 aliphatic carbocycles. The molecule has 1 aromatic carbocycles. The third kappa shape index (κ3) is 4.51.